The molecule has 19 heavy (non-hydrogen) atoms. The van der Waals surface area contributed by atoms with Crippen LogP contribution in [0.4, 0.5) is 0 Å². The lowest BCUT2D eigenvalue weighted by Crippen LogP contribution is -2.41. The van der Waals surface area contributed by atoms with Crippen LogP contribution in [0.25, 0.3) is 0 Å². The van der Waals surface area contributed by atoms with E-state index in [0.717, 1.165) is 25.2 Å². The normalized spacial score (nSPS) is 19.3. The molecule has 114 valence electrons. The van der Waals surface area contributed by atoms with E-state index in [-0.39, 0.29) is 30.3 Å². The van der Waals surface area contributed by atoms with Crippen LogP contribution in [0, 0.1) is 11.8 Å². The summed E-state index contributed by atoms with van der Waals surface area (Å²) in [6, 6.07) is 0.100. The van der Waals surface area contributed by atoms with E-state index in [2.05, 4.69) is 12.2 Å². The lowest BCUT2D eigenvalue weighted by Gasteiger charge is -2.26. The van der Waals surface area contributed by atoms with Crippen LogP contribution >= 0.6 is 12.4 Å². The fourth-order valence-electron chi connectivity index (χ4n) is 2.95. The van der Waals surface area contributed by atoms with Gasteiger partial charge >= 0.3 is 0 Å². The van der Waals surface area contributed by atoms with Crippen molar-refractivity contribution in [1.29, 1.82) is 0 Å². The maximum atomic E-state index is 12.2. The summed E-state index contributed by atoms with van der Waals surface area (Å²) < 4.78 is 0. The highest BCUT2D eigenvalue weighted by Crippen LogP contribution is 2.30. The molecule has 3 N–H and O–H groups in total. The number of hydrogen-bond acceptors (Lipinski definition) is 2. The molecule has 1 amide bonds. The van der Waals surface area contributed by atoms with Crippen molar-refractivity contribution in [2.75, 3.05) is 6.54 Å². The van der Waals surface area contributed by atoms with Crippen LogP contribution in [-0.2, 0) is 4.79 Å². The van der Waals surface area contributed by atoms with Crippen molar-refractivity contribution < 1.29 is 4.79 Å². The molecule has 1 aliphatic carbocycles. The van der Waals surface area contributed by atoms with Crippen molar-refractivity contribution in [2.45, 2.75) is 71.3 Å². The number of rotatable bonds is 7. The molecule has 0 aliphatic heterocycles. The van der Waals surface area contributed by atoms with Crippen LogP contribution in [0.2, 0.25) is 0 Å². The molecule has 1 unspecified atom stereocenters. The second kappa shape index (κ2) is 10.5. The van der Waals surface area contributed by atoms with Gasteiger partial charge in [0.15, 0.2) is 0 Å². The molecule has 0 bridgehead atoms. The largest absolute Gasteiger partial charge is 0.352 e. The standard InChI is InChI=1S/C15H30N2O.ClH/c1-3-7-14(15(18)17-12(2)11-16)10-13-8-5-4-6-9-13;/h12-14H,3-11,16H2,1-2H3,(H,17,18);1H/t12-,14?;/m0./s1. The zero-order valence-corrected chi connectivity index (χ0v) is 13.3. The third kappa shape index (κ3) is 7.17. The Morgan fingerprint density at radius 3 is 2.47 bits per heavy atom. The molecule has 4 heteroatoms. The van der Waals surface area contributed by atoms with Gasteiger partial charge in [0.05, 0.1) is 0 Å². The average molecular weight is 291 g/mol. The summed E-state index contributed by atoms with van der Waals surface area (Å²) in [6.07, 6.45) is 9.90. The van der Waals surface area contributed by atoms with Crippen molar-refractivity contribution in [2.24, 2.45) is 17.6 Å². The molecule has 0 spiro atoms. The summed E-state index contributed by atoms with van der Waals surface area (Å²) in [6.45, 7) is 4.66. The number of amides is 1. The smallest absolute Gasteiger partial charge is 0.223 e. The molecule has 2 atom stereocenters. The van der Waals surface area contributed by atoms with Gasteiger partial charge < -0.3 is 11.1 Å². The molecule has 1 aliphatic rings. The Labute approximate surface area is 124 Å². The molecule has 3 nitrogen and oxygen atoms in total. The Morgan fingerprint density at radius 2 is 1.95 bits per heavy atom. The summed E-state index contributed by atoms with van der Waals surface area (Å²) in [7, 11) is 0. The van der Waals surface area contributed by atoms with Gasteiger partial charge in [-0.25, -0.2) is 0 Å². The van der Waals surface area contributed by atoms with Crippen molar-refractivity contribution >= 4 is 18.3 Å². The van der Waals surface area contributed by atoms with Crippen LogP contribution in [0.5, 0.6) is 0 Å². The van der Waals surface area contributed by atoms with E-state index in [0.29, 0.717) is 6.54 Å². The third-order valence-electron chi connectivity index (χ3n) is 4.09. The number of hydrogen-bond donors (Lipinski definition) is 2. The first-order chi connectivity index (χ1) is 8.67. The minimum atomic E-state index is 0. The van der Waals surface area contributed by atoms with E-state index < -0.39 is 0 Å². The Balaban J connectivity index is 0.00000324. The molecule has 0 aromatic carbocycles. The van der Waals surface area contributed by atoms with Gasteiger partial charge in [-0.05, 0) is 25.7 Å². The van der Waals surface area contributed by atoms with Gasteiger partial charge in [0.2, 0.25) is 5.91 Å². The van der Waals surface area contributed by atoms with Crippen molar-refractivity contribution in [1.82, 2.24) is 5.32 Å². The minimum absolute atomic E-state index is 0. The van der Waals surface area contributed by atoms with Crippen molar-refractivity contribution in [3.05, 3.63) is 0 Å². The van der Waals surface area contributed by atoms with Crippen LogP contribution in [0.15, 0.2) is 0 Å². The fourth-order valence-corrected chi connectivity index (χ4v) is 2.95. The van der Waals surface area contributed by atoms with E-state index in [1.807, 2.05) is 6.92 Å². The summed E-state index contributed by atoms with van der Waals surface area (Å²) >= 11 is 0. The first-order valence-electron chi connectivity index (χ1n) is 7.67. The molecule has 1 fully saturated rings. The average Bonchev–Trinajstić information content (AvgIpc) is 2.39. The monoisotopic (exact) mass is 290 g/mol. The molecular formula is C15H31ClN2O. The Kier molecular flexibility index (Phi) is 10.3. The molecule has 0 radical (unpaired) electrons. The van der Waals surface area contributed by atoms with E-state index in [9.17, 15) is 4.79 Å². The molecule has 1 rings (SSSR count). The zero-order chi connectivity index (χ0) is 13.4. The van der Waals surface area contributed by atoms with Gasteiger partial charge in [0.25, 0.3) is 0 Å². The summed E-state index contributed by atoms with van der Waals surface area (Å²) in [4.78, 5) is 12.2. The van der Waals surface area contributed by atoms with E-state index in [1.165, 1.54) is 32.1 Å². The second-order valence-electron chi connectivity index (χ2n) is 5.87. The molecular weight excluding hydrogens is 260 g/mol. The van der Waals surface area contributed by atoms with Crippen molar-refractivity contribution in [3.63, 3.8) is 0 Å². The molecule has 1 saturated carbocycles. The summed E-state index contributed by atoms with van der Waals surface area (Å²) in [5.41, 5.74) is 5.56. The summed E-state index contributed by atoms with van der Waals surface area (Å²) in [5.74, 6) is 1.20. The number of halogens is 1. The molecule has 0 saturated heterocycles. The number of nitrogens with one attached hydrogen (secondary N) is 1. The van der Waals surface area contributed by atoms with Gasteiger partial charge in [0, 0.05) is 18.5 Å². The third-order valence-corrected chi connectivity index (χ3v) is 4.09. The SMILES string of the molecule is CCCC(CC1CCCCC1)C(=O)N[C@@H](C)CN.Cl. The molecule has 0 aromatic rings. The predicted octanol–water partition coefficient (Wildman–Crippen LogP) is 3.26. The Bertz CT molecular complexity index is 242. The first-order valence-corrected chi connectivity index (χ1v) is 7.67. The first kappa shape index (κ1) is 18.7. The maximum absolute atomic E-state index is 12.2. The molecule has 0 aromatic heterocycles. The van der Waals surface area contributed by atoms with E-state index in [4.69, 9.17) is 5.73 Å². The van der Waals surface area contributed by atoms with Gasteiger partial charge in [-0.3, -0.25) is 4.79 Å². The van der Waals surface area contributed by atoms with E-state index in [1.54, 1.807) is 0 Å². The minimum Gasteiger partial charge on any atom is -0.352 e. The van der Waals surface area contributed by atoms with Gasteiger partial charge in [0.1, 0.15) is 0 Å². The van der Waals surface area contributed by atoms with Crippen LogP contribution in [0.3, 0.4) is 0 Å². The van der Waals surface area contributed by atoms with E-state index >= 15 is 0 Å². The fraction of sp³-hybridized carbons (Fsp3) is 0.933. The van der Waals surface area contributed by atoms with Gasteiger partial charge in [-0.1, -0.05) is 45.4 Å². The zero-order valence-electron chi connectivity index (χ0n) is 12.5. The highest BCUT2D eigenvalue weighted by atomic mass is 35.5. The summed E-state index contributed by atoms with van der Waals surface area (Å²) in [5, 5.41) is 3.04. The number of carbonyl (C=O) groups is 1. The van der Waals surface area contributed by atoms with Crippen LogP contribution < -0.4 is 11.1 Å². The maximum Gasteiger partial charge on any atom is 0.223 e. The lowest BCUT2D eigenvalue weighted by molar-refractivity contribution is -0.126. The lowest BCUT2D eigenvalue weighted by atomic mass is 9.81. The Morgan fingerprint density at radius 1 is 1.32 bits per heavy atom. The van der Waals surface area contributed by atoms with Crippen molar-refractivity contribution in [3.8, 4) is 0 Å². The topological polar surface area (TPSA) is 55.1 Å². The number of carbonyl (C=O) groups excluding carboxylic acids is 1. The van der Waals surface area contributed by atoms with Crippen LogP contribution in [-0.4, -0.2) is 18.5 Å². The highest BCUT2D eigenvalue weighted by molar-refractivity contribution is 5.85. The van der Waals surface area contributed by atoms with Crippen LogP contribution in [0.1, 0.15) is 65.2 Å². The Hall–Kier alpha value is -0.280. The van der Waals surface area contributed by atoms with Gasteiger partial charge in [-0.2, -0.15) is 0 Å². The quantitative estimate of drug-likeness (QED) is 0.756. The second-order valence-corrected chi connectivity index (χ2v) is 5.87. The predicted molar refractivity (Wildman–Crippen MR) is 83.5 cm³/mol. The highest BCUT2D eigenvalue weighted by Gasteiger charge is 2.24. The molecule has 0 heterocycles. The number of nitrogens with two attached hydrogens (primary N) is 1. The van der Waals surface area contributed by atoms with Gasteiger partial charge in [-0.15, -0.1) is 12.4 Å².